The molecule has 1 fully saturated rings. The number of carbonyl (C=O) groups excluding carboxylic acids is 1. The van der Waals surface area contributed by atoms with Crippen molar-refractivity contribution >= 4 is 5.97 Å². The van der Waals surface area contributed by atoms with Crippen LogP contribution in [-0.4, -0.2) is 29.2 Å². The zero-order chi connectivity index (χ0) is 16.8. The van der Waals surface area contributed by atoms with Crippen LogP contribution in [-0.2, 0) is 11.3 Å². The van der Waals surface area contributed by atoms with Crippen LogP contribution < -0.4 is 4.74 Å². The maximum atomic E-state index is 11.4. The quantitative estimate of drug-likeness (QED) is 0.759. The van der Waals surface area contributed by atoms with E-state index in [-0.39, 0.29) is 0 Å². The second-order valence-electron chi connectivity index (χ2n) is 6.38. The van der Waals surface area contributed by atoms with Gasteiger partial charge < -0.3 is 14.0 Å². The lowest BCUT2D eigenvalue weighted by Crippen LogP contribution is -2.15. The highest BCUT2D eigenvalue weighted by atomic mass is 16.5. The third-order valence-corrected chi connectivity index (χ3v) is 4.53. The molecule has 1 aliphatic rings. The number of aromatic nitrogens is 2. The number of hydrogen-bond acceptors (Lipinski definition) is 4. The van der Waals surface area contributed by atoms with E-state index in [1.807, 2.05) is 28.8 Å². The van der Waals surface area contributed by atoms with Gasteiger partial charge >= 0.3 is 5.97 Å². The summed E-state index contributed by atoms with van der Waals surface area (Å²) >= 11 is 0. The fraction of sp³-hybridized carbons (Fsp3) is 0.474. The molecule has 1 aliphatic carbocycles. The van der Waals surface area contributed by atoms with Crippen LogP contribution in [0.1, 0.15) is 48.2 Å². The fourth-order valence-electron chi connectivity index (χ4n) is 3.13. The van der Waals surface area contributed by atoms with Crippen LogP contribution >= 0.6 is 0 Å². The van der Waals surface area contributed by atoms with E-state index in [0.717, 1.165) is 17.9 Å². The molecule has 0 aliphatic heterocycles. The third kappa shape index (κ3) is 4.37. The molecule has 0 unspecified atom stereocenters. The maximum Gasteiger partial charge on any atom is 0.358 e. The summed E-state index contributed by atoms with van der Waals surface area (Å²) in [5, 5.41) is 0. The molecule has 0 amide bonds. The molecule has 0 bridgehead atoms. The van der Waals surface area contributed by atoms with Crippen molar-refractivity contribution in [3.63, 3.8) is 0 Å². The first kappa shape index (κ1) is 16.6. The molecule has 128 valence electrons. The molecule has 1 aromatic heterocycles. The van der Waals surface area contributed by atoms with Crippen LogP contribution in [0.15, 0.2) is 36.8 Å². The molecule has 0 N–H and O–H groups in total. The van der Waals surface area contributed by atoms with Gasteiger partial charge in [-0.3, -0.25) is 0 Å². The number of hydrogen-bond donors (Lipinski definition) is 0. The van der Waals surface area contributed by atoms with Crippen LogP contribution in [0.3, 0.4) is 0 Å². The van der Waals surface area contributed by atoms with Gasteiger partial charge in [-0.15, -0.1) is 0 Å². The highest BCUT2D eigenvalue weighted by Crippen LogP contribution is 2.24. The van der Waals surface area contributed by atoms with Gasteiger partial charge in [0.15, 0.2) is 5.69 Å². The molecule has 1 saturated carbocycles. The summed E-state index contributed by atoms with van der Waals surface area (Å²) in [7, 11) is 1.35. The van der Waals surface area contributed by atoms with Gasteiger partial charge in [0.2, 0.25) is 0 Å². The SMILES string of the molecule is COC(=O)c1cn(Cc2ccc(OCC3CCCCC3)cc2)cn1. The van der Waals surface area contributed by atoms with Crippen molar-refractivity contribution in [2.45, 2.75) is 38.6 Å². The molecule has 2 aromatic rings. The Bertz CT molecular complexity index is 658. The van der Waals surface area contributed by atoms with Gasteiger partial charge in [0, 0.05) is 12.7 Å². The largest absolute Gasteiger partial charge is 0.493 e. The second kappa shape index (κ2) is 7.99. The molecular weight excluding hydrogens is 304 g/mol. The van der Waals surface area contributed by atoms with E-state index in [1.165, 1.54) is 39.2 Å². The number of ether oxygens (including phenoxy) is 2. The lowest BCUT2D eigenvalue weighted by Gasteiger charge is -2.21. The molecular formula is C19H24N2O3. The van der Waals surface area contributed by atoms with Gasteiger partial charge in [-0.2, -0.15) is 0 Å². The standard InChI is InChI=1S/C19H24N2O3/c1-23-19(22)18-12-21(14-20-18)11-15-7-9-17(10-8-15)24-13-16-5-3-2-4-6-16/h7-10,12,14,16H,2-6,11,13H2,1H3. The average molecular weight is 328 g/mol. The summed E-state index contributed by atoms with van der Waals surface area (Å²) in [6, 6.07) is 8.12. The number of imidazole rings is 1. The Hall–Kier alpha value is -2.30. The van der Waals surface area contributed by atoms with E-state index in [2.05, 4.69) is 9.72 Å². The number of rotatable bonds is 6. The van der Waals surface area contributed by atoms with Gasteiger partial charge in [-0.1, -0.05) is 31.4 Å². The smallest absolute Gasteiger partial charge is 0.358 e. The first-order valence-corrected chi connectivity index (χ1v) is 8.56. The molecule has 24 heavy (non-hydrogen) atoms. The van der Waals surface area contributed by atoms with Crippen LogP contribution in [0.2, 0.25) is 0 Å². The lowest BCUT2D eigenvalue weighted by molar-refractivity contribution is 0.0594. The minimum absolute atomic E-state index is 0.324. The summed E-state index contributed by atoms with van der Waals surface area (Å²) < 4.78 is 12.4. The summed E-state index contributed by atoms with van der Waals surface area (Å²) in [5.41, 5.74) is 1.46. The Morgan fingerprint density at radius 2 is 1.96 bits per heavy atom. The zero-order valence-corrected chi connectivity index (χ0v) is 14.1. The van der Waals surface area contributed by atoms with Gasteiger partial charge in [-0.05, 0) is 36.5 Å². The monoisotopic (exact) mass is 328 g/mol. The molecule has 1 aromatic carbocycles. The molecule has 0 atom stereocenters. The third-order valence-electron chi connectivity index (χ3n) is 4.53. The van der Waals surface area contributed by atoms with Crippen LogP contribution in [0.5, 0.6) is 5.75 Å². The van der Waals surface area contributed by atoms with Gasteiger partial charge in [0.05, 0.1) is 20.0 Å². The van der Waals surface area contributed by atoms with Crippen molar-refractivity contribution in [2.75, 3.05) is 13.7 Å². The van der Waals surface area contributed by atoms with E-state index in [4.69, 9.17) is 4.74 Å². The van der Waals surface area contributed by atoms with E-state index in [9.17, 15) is 4.79 Å². The van der Waals surface area contributed by atoms with Gasteiger partial charge in [-0.25, -0.2) is 9.78 Å². The number of carbonyl (C=O) groups is 1. The van der Waals surface area contributed by atoms with E-state index < -0.39 is 5.97 Å². The van der Waals surface area contributed by atoms with E-state index in [0.29, 0.717) is 18.2 Å². The summed E-state index contributed by atoms with van der Waals surface area (Å²) in [6.45, 7) is 1.48. The zero-order valence-electron chi connectivity index (χ0n) is 14.1. The summed E-state index contributed by atoms with van der Waals surface area (Å²) in [6.07, 6.45) is 9.97. The number of nitrogens with zero attached hydrogens (tertiary/aromatic N) is 2. The Labute approximate surface area is 142 Å². The van der Waals surface area contributed by atoms with Gasteiger partial charge in [0.1, 0.15) is 5.75 Å². The number of esters is 1. The highest BCUT2D eigenvalue weighted by Gasteiger charge is 2.14. The normalized spacial score (nSPS) is 15.2. The van der Waals surface area contributed by atoms with Crippen LogP contribution in [0.4, 0.5) is 0 Å². The lowest BCUT2D eigenvalue weighted by atomic mass is 9.90. The first-order chi connectivity index (χ1) is 11.7. The van der Waals surface area contributed by atoms with Gasteiger partial charge in [0.25, 0.3) is 0 Å². The molecule has 5 heteroatoms. The topological polar surface area (TPSA) is 53.4 Å². The molecule has 0 radical (unpaired) electrons. The molecule has 1 heterocycles. The van der Waals surface area contributed by atoms with Crippen LogP contribution in [0, 0.1) is 5.92 Å². The summed E-state index contributed by atoms with van der Waals surface area (Å²) in [4.78, 5) is 15.5. The highest BCUT2D eigenvalue weighted by molar-refractivity contribution is 5.86. The van der Waals surface area contributed by atoms with Crippen LogP contribution in [0.25, 0.3) is 0 Å². The minimum atomic E-state index is -0.416. The van der Waals surface area contributed by atoms with Crippen molar-refractivity contribution in [3.8, 4) is 5.75 Å². The number of benzene rings is 1. The Morgan fingerprint density at radius 3 is 2.67 bits per heavy atom. The molecule has 0 spiro atoms. The average Bonchev–Trinajstić information content (AvgIpc) is 3.10. The molecule has 3 rings (SSSR count). The predicted molar refractivity (Wildman–Crippen MR) is 91.2 cm³/mol. The Morgan fingerprint density at radius 1 is 1.21 bits per heavy atom. The van der Waals surface area contributed by atoms with Crippen molar-refractivity contribution in [2.24, 2.45) is 5.92 Å². The van der Waals surface area contributed by atoms with Crippen molar-refractivity contribution in [1.29, 1.82) is 0 Å². The second-order valence-corrected chi connectivity index (χ2v) is 6.38. The van der Waals surface area contributed by atoms with Crippen molar-refractivity contribution < 1.29 is 14.3 Å². The maximum absolute atomic E-state index is 11.4. The molecule has 0 saturated heterocycles. The van der Waals surface area contributed by atoms with Crippen molar-refractivity contribution in [1.82, 2.24) is 9.55 Å². The van der Waals surface area contributed by atoms with E-state index in [1.54, 1.807) is 12.5 Å². The summed E-state index contributed by atoms with van der Waals surface area (Å²) in [5.74, 6) is 1.21. The molecule has 5 nitrogen and oxygen atoms in total. The minimum Gasteiger partial charge on any atom is -0.493 e. The fourth-order valence-corrected chi connectivity index (χ4v) is 3.13. The predicted octanol–water partition coefficient (Wildman–Crippen LogP) is 3.68. The Balaban J connectivity index is 1.52. The number of methoxy groups -OCH3 is 1. The van der Waals surface area contributed by atoms with Crippen molar-refractivity contribution in [3.05, 3.63) is 48.0 Å². The first-order valence-electron chi connectivity index (χ1n) is 8.56. The Kier molecular flexibility index (Phi) is 5.51. The van der Waals surface area contributed by atoms with E-state index >= 15 is 0 Å².